The van der Waals surface area contributed by atoms with E-state index < -0.39 is 0 Å². The van der Waals surface area contributed by atoms with Gasteiger partial charge in [0, 0.05) is 36.3 Å². The summed E-state index contributed by atoms with van der Waals surface area (Å²) in [6.45, 7) is 1.78. The molecule has 128 valence electrons. The van der Waals surface area contributed by atoms with Crippen LogP contribution in [0.15, 0.2) is 35.7 Å². The van der Waals surface area contributed by atoms with Crippen LogP contribution in [0.1, 0.15) is 10.4 Å². The predicted octanol–water partition coefficient (Wildman–Crippen LogP) is 1.94. The summed E-state index contributed by atoms with van der Waals surface area (Å²) in [5, 5.41) is 16.8. The van der Waals surface area contributed by atoms with Crippen molar-refractivity contribution in [1.82, 2.24) is 25.1 Å². The lowest BCUT2D eigenvalue weighted by Gasteiger charge is -2.27. The Morgan fingerprint density at radius 2 is 2.28 bits per heavy atom. The first kappa shape index (κ1) is 15.8. The third-order valence-corrected chi connectivity index (χ3v) is 5.37. The SMILES string of the molecule is Cn1nnnc1-c1cccc(NCC(=O)N2CCc3sccc3C2)c1. The molecule has 0 fully saturated rings. The number of aryl methyl sites for hydroxylation is 1. The summed E-state index contributed by atoms with van der Waals surface area (Å²) >= 11 is 1.78. The number of rotatable bonds is 4. The second kappa shape index (κ2) is 6.64. The van der Waals surface area contributed by atoms with E-state index in [1.54, 1.807) is 23.1 Å². The van der Waals surface area contributed by atoms with Gasteiger partial charge < -0.3 is 10.2 Å². The third kappa shape index (κ3) is 3.25. The van der Waals surface area contributed by atoms with Gasteiger partial charge >= 0.3 is 0 Å². The highest BCUT2D eigenvalue weighted by atomic mass is 32.1. The fourth-order valence-electron chi connectivity index (χ4n) is 2.99. The monoisotopic (exact) mass is 354 g/mol. The number of benzene rings is 1. The van der Waals surface area contributed by atoms with Gasteiger partial charge in [-0.15, -0.1) is 16.4 Å². The van der Waals surface area contributed by atoms with Gasteiger partial charge in [-0.2, -0.15) is 0 Å². The lowest BCUT2D eigenvalue weighted by molar-refractivity contribution is -0.130. The van der Waals surface area contributed by atoms with Gasteiger partial charge in [-0.3, -0.25) is 4.79 Å². The standard InChI is InChI=1S/C17H18N6OS/c1-22-17(19-20-21-22)12-3-2-4-14(9-12)18-10-16(24)23-7-5-15-13(11-23)6-8-25-15/h2-4,6,8-9,18H,5,7,10-11H2,1H3. The maximum absolute atomic E-state index is 12.5. The smallest absolute Gasteiger partial charge is 0.242 e. The highest BCUT2D eigenvalue weighted by molar-refractivity contribution is 7.10. The van der Waals surface area contributed by atoms with Crippen molar-refractivity contribution in [1.29, 1.82) is 0 Å². The second-order valence-electron chi connectivity index (χ2n) is 5.99. The number of nitrogens with zero attached hydrogens (tertiary/aromatic N) is 5. The van der Waals surface area contributed by atoms with Gasteiger partial charge in [0.15, 0.2) is 5.82 Å². The number of aromatic nitrogens is 4. The molecule has 0 radical (unpaired) electrons. The van der Waals surface area contributed by atoms with Gasteiger partial charge in [-0.05, 0) is 46.0 Å². The average molecular weight is 354 g/mol. The predicted molar refractivity (Wildman–Crippen MR) is 96.2 cm³/mol. The Bertz CT molecular complexity index is 902. The number of carbonyl (C=O) groups excluding carboxylic acids is 1. The number of fused-ring (bicyclic) bond motifs is 1. The Labute approximate surface area is 149 Å². The van der Waals surface area contributed by atoms with Gasteiger partial charge in [-0.25, -0.2) is 4.68 Å². The zero-order chi connectivity index (χ0) is 17.2. The molecule has 1 aliphatic rings. The van der Waals surface area contributed by atoms with Crippen molar-refractivity contribution in [2.24, 2.45) is 7.05 Å². The highest BCUT2D eigenvalue weighted by Crippen LogP contribution is 2.24. The molecule has 25 heavy (non-hydrogen) atoms. The van der Waals surface area contributed by atoms with E-state index in [0.717, 1.165) is 24.2 Å². The van der Waals surface area contributed by atoms with E-state index in [-0.39, 0.29) is 12.5 Å². The van der Waals surface area contributed by atoms with Crippen molar-refractivity contribution in [3.63, 3.8) is 0 Å². The maximum atomic E-state index is 12.5. The molecule has 1 N–H and O–H groups in total. The molecule has 3 heterocycles. The van der Waals surface area contributed by atoms with E-state index in [4.69, 9.17) is 0 Å². The first-order valence-corrected chi connectivity index (χ1v) is 8.98. The van der Waals surface area contributed by atoms with Gasteiger partial charge in [-0.1, -0.05) is 12.1 Å². The van der Waals surface area contributed by atoms with Crippen LogP contribution in [0.25, 0.3) is 11.4 Å². The molecule has 3 aromatic rings. The van der Waals surface area contributed by atoms with Crippen molar-refractivity contribution < 1.29 is 4.79 Å². The Morgan fingerprint density at radius 1 is 1.36 bits per heavy atom. The fourth-order valence-corrected chi connectivity index (χ4v) is 3.88. The van der Waals surface area contributed by atoms with Crippen molar-refractivity contribution in [3.8, 4) is 11.4 Å². The lowest BCUT2D eigenvalue weighted by atomic mass is 10.1. The number of carbonyl (C=O) groups is 1. The van der Waals surface area contributed by atoms with E-state index in [0.29, 0.717) is 12.4 Å². The van der Waals surface area contributed by atoms with Crippen LogP contribution in [-0.2, 0) is 24.8 Å². The first-order valence-electron chi connectivity index (χ1n) is 8.10. The quantitative estimate of drug-likeness (QED) is 0.775. The van der Waals surface area contributed by atoms with Crippen LogP contribution >= 0.6 is 11.3 Å². The lowest BCUT2D eigenvalue weighted by Crippen LogP contribution is -2.38. The van der Waals surface area contributed by atoms with Crippen molar-refractivity contribution in [3.05, 3.63) is 46.2 Å². The number of amides is 1. The van der Waals surface area contributed by atoms with Gasteiger partial charge in [0.2, 0.25) is 5.91 Å². The molecule has 1 aromatic carbocycles. The normalized spacial score (nSPS) is 13.6. The highest BCUT2D eigenvalue weighted by Gasteiger charge is 2.21. The summed E-state index contributed by atoms with van der Waals surface area (Å²) < 4.78 is 1.62. The summed E-state index contributed by atoms with van der Waals surface area (Å²) in [6, 6.07) is 9.88. The Balaban J connectivity index is 1.40. The molecule has 0 saturated heterocycles. The molecular weight excluding hydrogens is 336 g/mol. The van der Waals surface area contributed by atoms with Crippen LogP contribution in [-0.4, -0.2) is 44.1 Å². The summed E-state index contributed by atoms with van der Waals surface area (Å²) in [5.41, 5.74) is 3.06. The number of tetrazole rings is 1. The minimum absolute atomic E-state index is 0.113. The average Bonchev–Trinajstić information content (AvgIpc) is 3.27. The molecule has 2 aromatic heterocycles. The third-order valence-electron chi connectivity index (χ3n) is 4.35. The van der Waals surface area contributed by atoms with Crippen molar-refractivity contribution >= 4 is 22.9 Å². The van der Waals surface area contributed by atoms with E-state index >= 15 is 0 Å². The first-order chi connectivity index (χ1) is 12.2. The Hall–Kier alpha value is -2.74. The summed E-state index contributed by atoms with van der Waals surface area (Å²) in [5.74, 6) is 0.804. The molecule has 0 unspecified atom stereocenters. The molecule has 8 heteroatoms. The number of hydrogen-bond acceptors (Lipinski definition) is 6. The largest absolute Gasteiger partial charge is 0.376 e. The van der Waals surface area contributed by atoms with Crippen molar-refractivity contribution in [2.75, 3.05) is 18.4 Å². The van der Waals surface area contributed by atoms with E-state index in [9.17, 15) is 4.79 Å². The van der Waals surface area contributed by atoms with E-state index in [1.165, 1.54) is 10.4 Å². The van der Waals surface area contributed by atoms with Crippen LogP contribution in [0.2, 0.25) is 0 Å². The molecule has 0 bridgehead atoms. The molecular formula is C17H18N6OS. The summed E-state index contributed by atoms with van der Waals surface area (Å²) in [6.07, 6.45) is 0.952. The minimum atomic E-state index is 0.113. The molecule has 4 rings (SSSR count). The molecule has 0 aliphatic carbocycles. The minimum Gasteiger partial charge on any atom is -0.376 e. The number of nitrogens with one attached hydrogen (secondary N) is 1. The second-order valence-corrected chi connectivity index (χ2v) is 7.00. The van der Waals surface area contributed by atoms with Crippen LogP contribution in [0.5, 0.6) is 0 Å². The summed E-state index contributed by atoms with van der Waals surface area (Å²) in [4.78, 5) is 15.8. The van der Waals surface area contributed by atoms with E-state index in [1.807, 2.05) is 29.2 Å². The molecule has 0 spiro atoms. The van der Waals surface area contributed by atoms with Gasteiger partial charge in [0.25, 0.3) is 0 Å². The molecule has 0 atom stereocenters. The van der Waals surface area contributed by atoms with Crippen LogP contribution in [0.3, 0.4) is 0 Å². The van der Waals surface area contributed by atoms with Gasteiger partial charge in [0.05, 0.1) is 6.54 Å². The molecule has 1 amide bonds. The zero-order valence-electron chi connectivity index (χ0n) is 13.8. The van der Waals surface area contributed by atoms with E-state index in [2.05, 4.69) is 32.3 Å². The maximum Gasteiger partial charge on any atom is 0.242 e. The number of hydrogen-bond donors (Lipinski definition) is 1. The number of thiophene rings is 1. The molecule has 7 nitrogen and oxygen atoms in total. The van der Waals surface area contributed by atoms with Crippen LogP contribution in [0.4, 0.5) is 5.69 Å². The number of anilines is 1. The van der Waals surface area contributed by atoms with Gasteiger partial charge in [0.1, 0.15) is 0 Å². The summed E-state index contributed by atoms with van der Waals surface area (Å²) in [7, 11) is 1.80. The van der Waals surface area contributed by atoms with Crippen LogP contribution in [0, 0.1) is 0 Å². The zero-order valence-corrected chi connectivity index (χ0v) is 14.7. The topological polar surface area (TPSA) is 75.9 Å². The fraction of sp³-hybridized carbons (Fsp3) is 0.294. The van der Waals surface area contributed by atoms with Crippen molar-refractivity contribution in [2.45, 2.75) is 13.0 Å². The van der Waals surface area contributed by atoms with Crippen LogP contribution < -0.4 is 5.32 Å². The Morgan fingerprint density at radius 3 is 3.12 bits per heavy atom. The Kier molecular flexibility index (Phi) is 4.19. The molecule has 1 aliphatic heterocycles. The molecule has 0 saturated carbocycles.